The third-order valence-corrected chi connectivity index (χ3v) is 7.58. The van der Waals surface area contributed by atoms with Crippen molar-refractivity contribution in [3.8, 4) is 5.75 Å². The molecule has 0 N–H and O–H groups in total. The first-order chi connectivity index (χ1) is 20.1. The summed E-state index contributed by atoms with van der Waals surface area (Å²) in [6, 6.07) is 16.5. The molecule has 2 aliphatic rings. The Labute approximate surface area is 240 Å². The molecule has 11 nitrogen and oxygen atoms in total. The normalized spacial score (nSPS) is 19.6. The number of hydrogen-bond acceptors (Lipinski definition) is 9. The predicted octanol–water partition coefficient (Wildman–Crippen LogP) is 4.78. The summed E-state index contributed by atoms with van der Waals surface area (Å²) in [6.07, 6.45) is 2.31. The highest BCUT2D eigenvalue weighted by Crippen LogP contribution is 2.42. The van der Waals surface area contributed by atoms with Gasteiger partial charge in [-0.3, -0.25) is 29.4 Å². The van der Waals surface area contributed by atoms with Crippen LogP contribution >= 0.6 is 0 Å². The van der Waals surface area contributed by atoms with Crippen molar-refractivity contribution in [3.05, 3.63) is 99.6 Å². The van der Waals surface area contributed by atoms with Gasteiger partial charge in [0.25, 0.3) is 5.69 Å². The Bertz CT molecular complexity index is 1560. The van der Waals surface area contributed by atoms with Gasteiger partial charge >= 0.3 is 11.9 Å². The molecule has 3 unspecified atom stereocenters. The van der Waals surface area contributed by atoms with Crippen LogP contribution in [0.1, 0.15) is 57.3 Å². The number of ether oxygens (including phenoxy) is 2. The number of nitro groups is 1. The largest absolute Gasteiger partial charge is 0.454 e. The molecule has 1 saturated heterocycles. The molecule has 1 aliphatic carbocycles. The summed E-state index contributed by atoms with van der Waals surface area (Å²) in [6.45, 7) is 1.55. The van der Waals surface area contributed by atoms with Gasteiger partial charge in [0.1, 0.15) is 5.75 Å². The molecule has 1 aliphatic heterocycles. The molecule has 11 heteroatoms. The van der Waals surface area contributed by atoms with Crippen LogP contribution in [0.25, 0.3) is 0 Å². The van der Waals surface area contributed by atoms with Crippen LogP contribution in [0.3, 0.4) is 0 Å². The van der Waals surface area contributed by atoms with Crippen molar-refractivity contribution < 1.29 is 38.4 Å². The molecule has 3 atom stereocenters. The summed E-state index contributed by atoms with van der Waals surface area (Å²) in [5, 5.41) is 10.8. The number of benzene rings is 3. The Morgan fingerprint density at radius 1 is 0.810 bits per heavy atom. The number of imide groups is 1. The number of nitrogens with zero attached hydrogens (tertiary/aromatic N) is 2. The van der Waals surface area contributed by atoms with Gasteiger partial charge in [0, 0.05) is 17.7 Å². The molecule has 0 spiro atoms. The molecule has 2 amide bonds. The summed E-state index contributed by atoms with van der Waals surface area (Å²) < 4.78 is 10.4. The summed E-state index contributed by atoms with van der Waals surface area (Å²) in [5.41, 5.74) is 0.732. The molecule has 42 heavy (non-hydrogen) atoms. The number of non-ortho nitro benzene ring substituents is 1. The van der Waals surface area contributed by atoms with Crippen molar-refractivity contribution in [2.75, 3.05) is 11.5 Å². The summed E-state index contributed by atoms with van der Waals surface area (Å²) in [7, 11) is 0. The topological polar surface area (TPSA) is 150 Å². The molecule has 1 heterocycles. The standard InChI is InChI=1S/C31H26N2O9/c1-18-2-15-25-26(16-18)29(36)32(28(25)35)22-9-3-20(4-10-22)30(37)41-17-27(34)19-7-13-24(14-8-19)42-31(38)21-5-11-23(12-6-21)33(39)40/h3-14,18,25-26H,2,15-17H2,1H3. The maximum Gasteiger partial charge on any atom is 0.343 e. The van der Waals surface area contributed by atoms with Crippen LogP contribution in [0.5, 0.6) is 5.75 Å². The quantitative estimate of drug-likeness (QED) is 0.0931. The van der Waals surface area contributed by atoms with E-state index in [1.54, 1.807) is 0 Å². The number of amides is 2. The SMILES string of the molecule is CC1CCC2C(=O)N(c3ccc(C(=O)OCC(=O)c4ccc(OC(=O)c5ccc([N+](=O)[O-])cc5)cc4)cc3)C(=O)C2C1. The number of anilines is 1. The number of hydrogen-bond donors (Lipinski definition) is 0. The lowest BCUT2D eigenvalue weighted by Crippen LogP contribution is -2.30. The van der Waals surface area contributed by atoms with E-state index in [4.69, 9.17) is 9.47 Å². The van der Waals surface area contributed by atoms with Crippen molar-refractivity contribution in [1.82, 2.24) is 0 Å². The molecule has 3 aromatic rings. The molecule has 214 valence electrons. The number of rotatable bonds is 8. The molecular formula is C31H26N2O9. The van der Waals surface area contributed by atoms with E-state index >= 15 is 0 Å². The number of carbonyl (C=O) groups excluding carboxylic acids is 5. The average molecular weight is 571 g/mol. The monoisotopic (exact) mass is 570 g/mol. The second-order valence-electron chi connectivity index (χ2n) is 10.4. The minimum absolute atomic E-state index is 0.118. The van der Waals surface area contributed by atoms with Gasteiger partial charge in [-0.1, -0.05) is 6.92 Å². The van der Waals surface area contributed by atoms with E-state index in [9.17, 15) is 34.1 Å². The van der Waals surface area contributed by atoms with Gasteiger partial charge < -0.3 is 9.47 Å². The number of esters is 2. The van der Waals surface area contributed by atoms with Crippen LogP contribution < -0.4 is 9.64 Å². The third-order valence-electron chi connectivity index (χ3n) is 7.58. The molecular weight excluding hydrogens is 544 g/mol. The molecule has 0 radical (unpaired) electrons. The van der Waals surface area contributed by atoms with E-state index in [-0.39, 0.29) is 51.8 Å². The van der Waals surface area contributed by atoms with Crippen molar-refractivity contribution in [1.29, 1.82) is 0 Å². The van der Waals surface area contributed by atoms with Gasteiger partial charge in [0.05, 0.1) is 33.6 Å². The fourth-order valence-electron chi connectivity index (χ4n) is 5.28. The summed E-state index contributed by atoms with van der Waals surface area (Å²) in [5.74, 6) is -2.41. The maximum absolute atomic E-state index is 12.9. The lowest BCUT2D eigenvalue weighted by Gasteiger charge is -2.25. The lowest BCUT2D eigenvalue weighted by atomic mass is 9.76. The van der Waals surface area contributed by atoms with Gasteiger partial charge in [-0.25, -0.2) is 9.59 Å². The molecule has 0 bridgehead atoms. The molecule has 5 rings (SSSR count). The van der Waals surface area contributed by atoms with Crippen molar-refractivity contribution in [3.63, 3.8) is 0 Å². The molecule has 2 fully saturated rings. The summed E-state index contributed by atoms with van der Waals surface area (Å²) >= 11 is 0. The van der Waals surface area contributed by atoms with Crippen LogP contribution in [0.15, 0.2) is 72.8 Å². The smallest absolute Gasteiger partial charge is 0.343 e. The zero-order chi connectivity index (χ0) is 30.0. The maximum atomic E-state index is 12.9. The number of ketones is 1. The zero-order valence-corrected chi connectivity index (χ0v) is 22.6. The van der Waals surface area contributed by atoms with Crippen LogP contribution in [-0.2, 0) is 14.3 Å². The molecule has 1 saturated carbocycles. The highest BCUT2D eigenvalue weighted by molar-refractivity contribution is 6.22. The van der Waals surface area contributed by atoms with Gasteiger partial charge in [-0.05, 0) is 85.8 Å². The van der Waals surface area contributed by atoms with E-state index in [2.05, 4.69) is 6.92 Å². The predicted molar refractivity (Wildman–Crippen MR) is 148 cm³/mol. The van der Waals surface area contributed by atoms with Crippen LogP contribution in [0.4, 0.5) is 11.4 Å². The molecule has 3 aromatic carbocycles. The lowest BCUT2D eigenvalue weighted by molar-refractivity contribution is -0.384. The van der Waals surface area contributed by atoms with Gasteiger partial charge in [-0.15, -0.1) is 0 Å². The van der Waals surface area contributed by atoms with Gasteiger partial charge in [0.15, 0.2) is 12.4 Å². The summed E-state index contributed by atoms with van der Waals surface area (Å²) in [4.78, 5) is 74.6. The fraction of sp³-hybridized carbons (Fsp3) is 0.258. The first-order valence-electron chi connectivity index (χ1n) is 13.4. The number of Topliss-reactive ketones (excluding diaryl/α,β-unsaturated/α-hetero) is 1. The Morgan fingerprint density at radius 2 is 1.38 bits per heavy atom. The Hall–Kier alpha value is -5.19. The van der Waals surface area contributed by atoms with Gasteiger partial charge in [0.2, 0.25) is 11.8 Å². The Balaban J connectivity index is 1.14. The Kier molecular flexibility index (Phi) is 7.92. The Morgan fingerprint density at radius 3 is 2.02 bits per heavy atom. The van der Waals surface area contributed by atoms with Crippen molar-refractivity contribution in [2.24, 2.45) is 17.8 Å². The van der Waals surface area contributed by atoms with Crippen molar-refractivity contribution in [2.45, 2.75) is 26.2 Å². The third kappa shape index (κ3) is 5.80. The van der Waals surface area contributed by atoms with Crippen molar-refractivity contribution >= 4 is 40.9 Å². The average Bonchev–Trinajstić information content (AvgIpc) is 3.24. The van der Waals surface area contributed by atoms with Crippen LogP contribution in [-0.4, -0.2) is 41.1 Å². The minimum atomic E-state index is -0.745. The first-order valence-corrected chi connectivity index (χ1v) is 13.4. The van der Waals surface area contributed by atoms with Gasteiger partial charge in [-0.2, -0.15) is 0 Å². The van der Waals surface area contributed by atoms with E-state index in [1.807, 2.05) is 0 Å². The van der Waals surface area contributed by atoms with E-state index in [1.165, 1.54) is 77.7 Å². The fourth-order valence-corrected chi connectivity index (χ4v) is 5.28. The van der Waals surface area contributed by atoms with E-state index in [0.717, 1.165) is 6.42 Å². The first kappa shape index (κ1) is 28.3. The minimum Gasteiger partial charge on any atom is -0.454 e. The van der Waals surface area contributed by atoms with Crippen LogP contribution in [0, 0.1) is 27.9 Å². The number of fused-ring (bicyclic) bond motifs is 1. The highest BCUT2D eigenvalue weighted by atomic mass is 16.6. The second-order valence-corrected chi connectivity index (χ2v) is 10.4. The van der Waals surface area contributed by atoms with Crippen LogP contribution in [0.2, 0.25) is 0 Å². The molecule has 0 aromatic heterocycles. The van der Waals surface area contributed by atoms with E-state index < -0.39 is 29.3 Å². The van der Waals surface area contributed by atoms with E-state index in [0.29, 0.717) is 24.4 Å². The number of nitro benzene ring substituents is 1. The highest BCUT2D eigenvalue weighted by Gasteiger charge is 2.49. The number of carbonyl (C=O) groups is 5. The zero-order valence-electron chi connectivity index (χ0n) is 22.6. The second kappa shape index (κ2) is 11.7.